The van der Waals surface area contributed by atoms with Gasteiger partial charge in [-0.1, -0.05) is 29.8 Å². The minimum atomic E-state index is -0.196. The molecular formula is C15H19NO2. The monoisotopic (exact) mass is 245 g/mol. The molecular weight excluding hydrogens is 226 g/mol. The number of benzene rings is 1. The first-order valence-electron chi connectivity index (χ1n) is 6.17. The summed E-state index contributed by atoms with van der Waals surface area (Å²) < 4.78 is 4.89. The third kappa shape index (κ3) is 2.62. The summed E-state index contributed by atoms with van der Waals surface area (Å²) in [5.74, 6) is -0.196. The highest BCUT2D eigenvalue weighted by Crippen LogP contribution is 2.27. The molecule has 18 heavy (non-hydrogen) atoms. The van der Waals surface area contributed by atoms with Crippen LogP contribution < -0.4 is 0 Å². The molecule has 0 radical (unpaired) electrons. The molecule has 0 aromatic heterocycles. The Bertz CT molecular complexity index is 474. The van der Waals surface area contributed by atoms with E-state index in [9.17, 15) is 4.79 Å². The number of hydrogen-bond donors (Lipinski definition) is 0. The zero-order chi connectivity index (χ0) is 13.1. The van der Waals surface area contributed by atoms with Gasteiger partial charge in [-0.15, -0.1) is 0 Å². The molecule has 1 heterocycles. The van der Waals surface area contributed by atoms with Gasteiger partial charge in [0.2, 0.25) is 0 Å². The first-order valence-corrected chi connectivity index (χ1v) is 6.17. The van der Waals surface area contributed by atoms with E-state index in [1.807, 2.05) is 0 Å². The topological polar surface area (TPSA) is 29.5 Å². The second-order valence-corrected chi connectivity index (χ2v) is 4.80. The Balaban J connectivity index is 2.43. The number of likely N-dealkylation sites (N-methyl/N-ethyl adjacent to an activating group) is 1. The minimum absolute atomic E-state index is 0.196. The van der Waals surface area contributed by atoms with Crippen molar-refractivity contribution in [1.29, 1.82) is 0 Å². The summed E-state index contributed by atoms with van der Waals surface area (Å²) in [6, 6.07) is 8.30. The van der Waals surface area contributed by atoms with Gasteiger partial charge in [-0.3, -0.25) is 0 Å². The Morgan fingerprint density at radius 1 is 1.28 bits per heavy atom. The van der Waals surface area contributed by atoms with E-state index in [2.05, 4.69) is 43.1 Å². The van der Waals surface area contributed by atoms with Crippen molar-refractivity contribution in [3.63, 3.8) is 0 Å². The zero-order valence-electron chi connectivity index (χ0n) is 11.2. The fourth-order valence-electron chi connectivity index (χ4n) is 2.27. The molecule has 0 N–H and O–H groups in total. The lowest BCUT2D eigenvalue weighted by Gasteiger charge is -2.27. The molecule has 1 aliphatic heterocycles. The molecule has 0 fully saturated rings. The number of carbonyl (C=O) groups excluding carboxylic acids is 1. The number of nitrogens with zero attached hydrogens (tertiary/aromatic N) is 1. The molecule has 0 unspecified atom stereocenters. The predicted octanol–water partition coefficient (Wildman–Crippen LogP) is 2.26. The molecule has 0 saturated heterocycles. The van der Waals surface area contributed by atoms with E-state index in [0.29, 0.717) is 0 Å². The normalized spacial score (nSPS) is 16.8. The van der Waals surface area contributed by atoms with Gasteiger partial charge in [0.1, 0.15) is 0 Å². The lowest BCUT2D eigenvalue weighted by Crippen LogP contribution is -2.29. The summed E-state index contributed by atoms with van der Waals surface area (Å²) in [7, 11) is 3.52. The second-order valence-electron chi connectivity index (χ2n) is 4.80. The quantitative estimate of drug-likeness (QED) is 0.748. The fourth-order valence-corrected chi connectivity index (χ4v) is 2.27. The number of esters is 1. The maximum absolute atomic E-state index is 11.8. The summed E-state index contributed by atoms with van der Waals surface area (Å²) >= 11 is 0. The summed E-state index contributed by atoms with van der Waals surface area (Å²) in [6.45, 7) is 3.76. The Labute approximate surface area is 108 Å². The van der Waals surface area contributed by atoms with Crippen LogP contribution in [0.4, 0.5) is 0 Å². The van der Waals surface area contributed by atoms with Gasteiger partial charge in [0.25, 0.3) is 0 Å². The molecule has 0 amide bonds. The lowest BCUT2D eigenvalue weighted by molar-refractivity contribution is -0.136. The van der Waals surface area contributed by atoms with Gasteiger partial charge in [-0.2, -0.15) is 0 Å². The predicted molar refractivity (Wildman–Crippen MR) is 72.2 cm³/mol. The number of aryl methyl sites for hydroxylation is 1. The van der Waals surface area contributed by atoms with Crippen molar-refractivity contribution in [1.82, 2.24) is 4.90 Å². The molecule has 96 valence electrons. The molecule has 0 saturated carbocycles. The number of carbonyl (C=O) groups is 1. The lowest BCUT2D eigenvalue weighted by atomic mass is 9.93. The summed E-state index contributed by atoms with van der Waals surface area (Å²) in [4.78, 5) is 14.0. The number of ether oxygens (including phenoxy) is 1. The minimum Gasteiger partial charge on any atom is -0.466 e. The van der Waals surface area contributed by atoms with Crippen molar-refractivity contribution in [2.75, 3.05) is 27.2 Å². The molecule has 0 spiro atoms. The standard InChI is InChI=1S/C15H19NO2/c1-11-4-6-12(7-5-11)14-10-16(2)9-8-13(14)15(17)18-3/h4-7H,8-10H2,1-3H3. The van der Waals surface area contributed by atoms with Crippen molar-refractivity contribution in [2.24, 2.45) is 0 Å². The highest BCUT2D eigenvalue weighted by Gasteiger charge is 2.23. The van der Waals surface area contributed by atoms with Crippen molar-refractivity contribution < 1.29 is 9.53 Å². The van der Waals surface area contributed by atoms with Crippen LogP contribution >= 0.6 is 0 Å². The van der Waals surface area contributed by atoms with Crippen LogP contribution in [0.25, 0.3) is 5.57 Å². The molecule has 1 aromatic rings. The van der Waals surface area contributed by atoms with Crippen LogP contribution in [0.15, 0.2) is 29.8 Å². The maximum atomic E-state index is 11.8. The third-order valence-electron chi connectivity index (χ3n) is 3.37. The van der Waals surface area contributed by atoms with Gasteiger partial charge in [0.05, 0.1) is 7.11 Å². The molecule has 1 aliphatic rings. The summed E-state index contributed by atoms with van der Waals surface area (Å²) in [5, 5.41) is 0. The van der Waals surface area contributed by atoms with E-state index >= 15 is 0 Å². The Kier molecular flexibility index (Phi) is 3.82. The van der Waals surface area contributed by atoms with Gasteiger partial charge in [-0.25, -0.2) is 4.79 Å². The highest BCUT2D eigenvalue weighted by molar-refractivity contribution is 5.98. The van der Waals surface area contributed by atoms with E-state index in [4.69, 9.17) is 4.74 Å². The second kappa shape index (κ2) is 5.36. The van der Waals surface area contributed by atoms with Crippen LogP contribution in [0, 0.1) is 6.92 Å². The van der Waals surface area contributed by atoms with E-state index in [-0.39, 0.29) is 5.97 Å². The number of methoxy groups -OCH3 is 1. The highest BCUT2D eigenvalue weighted by atomic mass is 16.5. The maximum Gasteiger partial charge on any atom is 0.334 e. The Hall–Kier alpha value is -1.61. The number of rotatable bonds is 2. The van der Waals surface area contributed by atoms with E-state index in [1.165, 1.54) is 12.7 Å². The van der Waals surface area contributed by atoms with E-state index in [1.54, 1.807) is 0 Å². The van der Waals surface area contributed by atoms with Crippen molar-refractivity contribution in [3.8, 4) is 0 Å². The smallest absolute Gasteiger partial charge is 0.334 e. The fraction of sp³-hybridized carbons (Fsp3) is 0.400. The zero-order valence-corrected chi connectivity index (χ0v) is 11.2. The van der Waals surface area contributed by atoms with Crippen LogP contribution in [0.1, 0.15) is 17.5 Å². The van der Waals surface area contributed by atoms with Crippen LogP contribution in [-0.4, -0.2) is 38.1 Å². The number of hydrogen-bond acceptors (Lipinski definition) is 3. The van der Waals surface area contributed by atoms with Crippen LogP contribution in [-0.2, 0) is 9.53 Å². The molecule has 2 rings (SSSR count). The van der Waals surface area contributed by atoms with Gasteiger partial charge < -0.3 is 9.64 Å². The Morgan fingerprint density at radius 2 is 1.94 bits per heavy atom. The van der Waals surface area contributed by atoms with Crippen LogP contribution in [0.5, 0.6) is 0 Å². The van der Waals surface area contributed by atoms with Gasteiger partial charge in [0, 0.05) is 18.7 Å². The van der Waals surface area contributed by atoms with Gasteiger partial charge in [-0.05, 0) is 31.5 Å². The largest absolute Gasteiger partial charge is 0.466 e. The van der Waals surface area contributed by atoms with Crippen molar-refractivity contribution in [3.05, 3.63) is 41.0 Å². The molecule has 0 atom stereocenters. The third-order valence-corrected chi connectivity index (χ3v) is 3.37. The first kappa shape index (κ1) is 12.8. The van der Waals surface area contributed by atoms with Gasteiger partial charge in [0.15, 0.2) is 0 Å². The average molecular weight is 245 g/mol. The summed E-state index contributed by atoms with van der Waals surface area (Å²) in [6.07, 6.45) is 0.756. The average Bonchev–Trinajstić information content (AvgIpc) is 2.38. The Morgan fingerprint density at radius 3 is 2.56 bits per heavy atom. The SMILES string of the molecule is COC(=O)C1=C(c2ccc(C)cc2)CN(C)CC1. The van der Waals surface area contributed by atoms with Gasteiger partial charge >= 0.3 is 5.97 Å². The van der Waals surface area contributed by atoms with E-state index < -0.39 is 0 Å². The van der Waals surface area contributed by atoms with Crippen molar-refractivity contribution >= 4 is 11.5 Å². The van der Waals surface area contributed by atoms with Crippen molar-refractivity contribution in [2.45, 2.75) is 13.3 Å². The molecule has 1 aromatic carbocycles. The molecule has 3 nitrogen and oxygen atoms in total. The van der Waals surface area contributed by atoms with Crippen LogP contribution in [0.2, 0.25) is 0 Å². The first-order chi connectivity index (χ1) is 8.61. The molecule has 0 bridgehead atoms. The molecule has 0 aliphatic carbocycles. The summed E-state index contributed by atoms with van der Waals surface area (Å²) in [5.41, 5.74) is 4.26. The van der Waals surface area contributed by atoms with Crippen LogP contribution in [0.3, 0.4) is 0 Å². The molecule has 3 heteroatoms. The van der Waals surface area contributed by atoms with E-state index in [0.717, 1.165) is 36.2 Å².